The number of aliphatic hydroxyl groups is 1. The Morgan fingerprint density at radius 1 is 1.35 bits per heavy atom. The van der Waals surface area contributed by atoms with Crippen molar-refractivity contribution in [3.8, 4) is 5.75 Å². The summed E-state index contributed by atoms with van der Waals surface area (Å²) in [6.45, 7) is 1.74. The van der Waals surface area contributed by atoms with Crippen LogP contribution in [0.3, 0.4) is 0 Å². The van der Waals surface area contributed by atoms with Gasteiger partial charge >= 0.3 is 59.1 Å². The van der Waals surface area contributed by atoms with Crippen LogP contribution in [0.5, 0.6) is 5.75 Å². The molecule has 2 aliphatic carbocycles. The molecular weight excluding hydrogens is 314 g/mol. The van der Waals surface area contributed by atoms with Crippen molar-refractivity contribution >= 4 is 5.97 Å². The van der Waals surface area contributed by atoms with Gasteiger partial charge in [0.25, 0.3) is 0 Å². The van der Waals surface area contributed by atoms with E-state index in [9.17, 15) is 20.1 Å². The molecule has 1 saturated carbocycles. The van der Waals surface area contributed by atoms with Crippen molar-refractivity contribution < 1.29 is 79.2 Å². The fraction of sp³-hybridized carbons (Fsp3) is 0.588. The van der Waals surface area contributed by atoms with Gasteiger partial charge in [-0.1, -0.05) is 18.2 Å². The third-order valence-electron chi connectivity index (χ3n) is 5.44. The summed E-state index contributed by atoms with van der Waals surface area (Å²) in [7, 11) is 0. The van der Waals surface area contributed by atoms with Crippen LogP contribution in [-0.4, -0.2) is 16.7 Å². The smallest absolute Gasteiger partial charge is 0.872 e. The predicted molar refractivity (Wildman–Crippen MR) is 73.4 cm³/mol. The predicted octanol–water partition coefficient (Wildman–Crippen LogP) is -5.28. The van der Waals surface area contributed by atoms with Crippen molar-refractivity contribution in [1.29, 1.82) is 0 Å². The van der Waals surface area contributed by atoms with Gasteiger partial charge in [-0.05, 0) is 67.9 Å². The number of carboxylic acid groups (broad SMARTS) is 1. The van der Waals surface area contributed by atoms with E-state index in [2.05, 4.69) is 0 Å². The van der Waals surface area contributed by atoms with Crippen LogP contribution >= 0.6 is 0 Å². The molecule has 4 nitrogen and oxygen atoms in total. The molecule has 1 aromatic rings. The first-order valence-electron chi connectivity index (χ1n) is 7.60. The summed E-state index contributed by atoms with van der Waals surface area (Å²) in [6, 6.07) is 5.18. The van der Waals surface area contributed by atoms with Crippen LogP contribution in [0.1, 0.15) is 49.7 Å². The second-order valence-electron chi connectivity index (χ2n) is 6.75. The van der Waals surface area contributed by atoms with Gasteiger partial charge < -0.3 is 20.1 Å². The van der Waals surface area contributed by atoms with E-state index in [4.69, 9.17) is 0 Å². The van der Waals surface area contributed by atoms with Crippen molar-refractivity contribution in [2.24, 2.45) is 11.8 Å². The summed E-state index contributed by atoms with van der Waals surface area (Å²) in [5.41, 5.74) is 1.32. The molecule has 0 heterocycles. The number of aryl methyl sites for hydroxylation is 1. The molecule has 0 amide bonds. The molecule has 23 heavy (non-hydrogen) atoms. The molecule has 0 radical (unpaired) electrons. The number of carboxylic acids is 1. The fourth-order valence-corrected chi connectivity index (χ4v) is 4.41. The number of rotatable bonds is 2. The average Bonchev–Trinajstić information content (AvgIpc) is 2.40. The number of carbonyl (C=O) groups is 1. The molecule has 0 spiro atoms. The molecule has 3 unspecified atom stereocenters. The maximum absolute atomic E-state index is 11.5. The Balaban J connectivity index is 0.00000132. The van der Waals surface area contributed by atoms with E-state index in [1.54, 1.807) is 19.1 Å². The minimum atomic E-state index is -1.10. The largest absolute Gasteiger partial charge is 1.00 e. The molecule has 0 aromatic heterocycles. The summed E-state index contributed by atoms with van der Waals surface area (Å²) in [4.78, 5) is 11.1. The van der Waals surface area contributed by atoms with Crippen LogP contribution in [0.2, 0.25) is 0 Å². The first-order valence-corrected chi connectivity index (χ1v) is 7.60. The van der Waals surface area contributed by atoms with E-state index in [1.165, 1.54) is 5.56 Å². The summed E-state index contributed by atoms with van der Waals surface area (Å²) < 4.78 is 0. The third kappa shape index (κ3) is 4.35. The summed E-state index contributed by atoms with van der Waals surface area (Å²) in [5, 5.41) is 33.1. The Hall–Kier alpha value is 0.450. The molecule has 1 N–H and O–H groups in total. The Morgan fingerprint density at radius 3 is 2.70 bits per heavy atom. The summed E-state index contributed by atoms with van der Waals surface area (Å²) >= 11 is 0. The van der Waals surface area contributed by atoms with Crippen molar-refractivity contribution in [2.75, 3.05) is 0 Å². The topological polar surface area (TPSA) is 83.4 Å². The number of hydrogen-bond donors (Lipinski definition) is 1. The Bertz CT molecular complexity index is 574. The Kier molecular flexibility index (Phi) is 7.68. The zero-order chi connectivity index (χ0) is 15.2. The monoisotopic (exact) mass is 334 g/mol. The molecule has 1 fully saturated rings. The van der Waals surface area contributed by atoms with Gasteiger partial charge in [0.05, 0.1) is 5.60 Å². The van der Waals surface area contributed by atoms with E-state index < -0.39 is 11.6 Å². The number of benzene rings is 1. The zero-order valence-electron chi connectivity index (χ0n) is 14.2. The van der Waals surface area contributed by atoms with Gasteiger partial charge in [-0.2, -0.15) is 0 Å². The van der Waals surface area contributed by atoms with Gasteiger partial charge in [-0.15, -0.1) is 5.75 Å². The number of hydrogen-bond acceptors (Lipinski definition) is 4. The molecule has 114 valence electrons. The molecule has 3 rings (SSSR count). The number of carbonyl (C=O) groups excluding carboxylic acids is 1. The Labute approximate surface area is 181 Å². The molecule has 1 aromatic carbocycles. The normalized spacial score (nSPS) is 31.8. The van der Waals surface area contributed by atoms with Gasteiger partial charge in [-0.25, -0.2) is 0 Å². The van der Waals surface area contributed by atoms with Crippen molar-refractivity contribution in [3.05, 3.63) is 29.3 Å². The standard InChI is InChI=1S/C17H22O4.2Na/c1-17(21)7-6-13-12-5-3-11(18)8-10(12)2-4-14(13)15(17)9-16(19)20;;/h3,5,8,13-15,18,21H,2,4,6-7,9H2,1H3,(H,19,20);;/q;2*+1/p-2/t13?,14?,15?,17-;;/m0../s1. The van der Waals surface area contributed by atoms with E-state index in [1.807, 2.05) is 6.07 Å². The molecular formula is C17H20Na2O4. The van der Waals surface area contributed by atoms with Gasteiger partial charge in [0, 0.05) is 5.97 Å². The fourth-order valence-electron chi connectivity index (χ4n) is 4.41. The van der Waals surface area contributed by atoms with Crippen LogP contribution in [0.25, 0.3) is 0 Å². The summed E-state index contributed by atoms with van der Waals surface area (Å²) in [5.74, 6) is -0.945. The van der Waals surface area contributed by atoms with Crippen LogP contribution < -0.4 is 69.3 Å². The van der Waals surface area contributed by atoms with Crippen LogP contribution in [0, 0.1) is 11.8 Å². The van der Waals surface area contributed by atoms with Gasteiger partial charge in [0.15, 0.2) is 0 Å². The first kappa shape index (κ1) is 21.5. The van der Waals surface area contributed by atoms with Gasteiger partial charge in [0.2, 0.25) is 0 Å². The van der Waals surface area contributed by atoms with Crippen LogP contribution in [0.4, 0.5) is 0 Å². The molecule has 0 aliphatic heterocycles. The van der Waals surface area contributed by atoms with E-state index in [0.717, 1.165) is 24.8 Å². The maximum Gasteiger partial charge on any atom is 1.00 e. The van der Waals surface area contributed by atoms with E-state index in [0.29, 0.717) is 6.42 Å². The second-order valence-corrected chi connectivity index (χ2v) is 6.75. The van der Waals surface area contributed by atoms with Gasteiger partial charge in [-0.3, -0.25) is 0 Å². The summed E-state index contributed by atoms with van der Waals surface area (Å²) in [6.07, 6.45) is 2.95. The quantitative estimate of drug-likeness (QED) is 0.548. The number of aliphatic carboxylic acids is 1. The molecule has 6 heteroatoms. The molecule has 2 aliphatic rings. The van der Waals surface area contributed by atoms with E-state index >= 15 is 0 Å². The minimum Gasteiger partial charge on any atom is -0.872 e. The first-order chi connectivity index (χ1) is 9.88. The zero-order valence-corrected chi connectivity index (χ0v) is 18.2. The van der Waals surface area contributed by atoms with Crippen LogP contribution in [0.15, 0.2) is 18.2 Å². The maximum atomic E-state index is 11.5. The van der Waals surface area contributed by atoms with Crippen molar-refractivity contribution in [1.82, 2.24) is 0 Å². The molecule has 0 saturated heterocycles. The van der Waals surface area contributed by atoms with Crippen LogP contribution in [-0.2, 0) is 11.2 Å². The average molecular weight is 334 g/mol. The molecule has 4 atom stereocenters. The van der Waals surface area contributed by atoms with Crippen molar-refractivity contribution in [2.45, 2.75) is 50.5 Å². The second kappa shape index (κ2) is 8.22. The number of fused-ring (bicyclic) bond motifs is 3. The molecule has 0 bridgehead atoms. The van der Waals surface area contributed by atoms with E-state index in [-0.39, 0.29) is 89.0 Å². The minimum absolute atomic E-state index is 0. The van der Waals surface area contributed by atoms with Gasteiger partial charge in [0.1, 0.15) is 0 Å². The third-order valence-corrected chi connectivity index (χ3v) is 5.44. The SMILES string of the molecule is C[C@]1(O)CCC2c3ccc([O-])cc3CCC2C1CC(=O)[O-].[Na+].[Na+]. The van der Waals surface area contributed by atoms with Crippen molar-refractivity contribution in [3.63, 3.8) is 0 Å². The Morgan fingerprint density at radius 2 is 2.04 bits per heavy atom.